The smallest absolute Gasteiger partial charge is 0.145 e. The van der Waals surface area contributed by atoms with Crippen LogP contribution in [0.5, 0.6) is 0 Å². The van der Waals surface area contributed by atoms with E-state index in [1.165, 1.54) is 12.1 Å². The van der Waals surface area contributed by atoms with Gasteiger partial charge in [0.1, 0.15) is 11.6 Å². The number of nitrogens with zero attached hydrogens (tertiary/aromatic N) is 1. The van der Waals surface area contributed by atoms with Gasteiger partial charge in [0.2, 0.25) is 0 Å². The fraction of sp³-hybridized carbons (Fsp3) is 0.154. The molecule has 100 valence electrons. The number of benzene rings is 1. The van der Waals surface area contributed by atoms with Gasteiger partial charge in [0.15, 0.2) is 0 Å². The van der Waals surface area contributed by atoms with E-state index in [1.54, 1.807) is 25.4 Å². The lowest BCUT2D eigenvalue weighted by molar-refractivity contribution is 0.514. The second-order valence-corrected chi connectivity index (χ2v) is 5.65. The van der Waals surface area contributed by atoms with Gasteiger partial charge < -0.3 is 5.32 Å². The molecule has 2 aromatic rings. The van der Waals surface area contributed by atoms with Crippen molar-refractivity contribution in [2.24, 2.45) is 0 Å². The van der Waals surface area contributed by atoms with Gasteiger partial charge in [0.05, 0.1) is 16.2 Å². The van der Waals surface area contributed by atoms with Crippen LogP contribution < -0.4 is 5.32 Å². The minimum atomic E-state index is -0.648. The maximum absolute atomic E-state index is 14.1. The molecule has 1 unspecified atom stereocenters. The van der Waals surface area contributed by atoms with Crippen molar-refractivity contribution in [1.29, 1.82) is 0 Å². The molecule has 0 saturated heterocycles. The standard InChI is InChI=1S/C13H10Br2F2N2/c1-18-13(10-5-2-7(14)6-19-10)11-9(16)4-3-8(15)12(11)17/h2-6,13,18H,1H3. The first kappa shape index (κ1) is 14.6. The summed E-state index contributed by atoms with van der Waals surface area (Å²) in [7, 11) is 1.63. The van der Waals surface area contributed by atoms with Gasteiger partial charge in [0, 0.05) is 16.2 Å². The van der Waals surface area contributed by atoms with E-state index in [9.17, 15) is 8.78 Å². The molecule has 1 N–H and O–H groups in total. The number of rotatable bonds is 3. The van der Waals surface area contributed by atoms with Crippen LogP contribution in [0.3, 0.4) is 0 Å². The van der Waals surface area contributed by atoms with Crippen molar-refractivity contribution < 1.29 is 8.78 Å². The molecule has 0 aliphatic heterocycles. The van der Waals surface area contributed by atoms with Gasteiger partial charge in [-0.2, -0.15) is 0 Å². The van der Waals surface area contributed by atoms with E-state index < -0.39 is 17.7 Å². The quantitative estimate of drug-likeness (QED) is 0.793. The first-order valence-electron chi connectivity index (χ1n) is 5.46. The van der Waals surface area contributed by atoms with Crippen LogP contribution in [0.4, 0.5) is 8.78 Å². The van der Waals surface area contributed by atoms with E-state index in [0.717, 1.165) is 4.47 Å². The van der Waals surface area contributed by atoms with Crippen molar-refractivity contribution in [2.45, 2.75) is 6.04 Å². The topological polar surface area (TPSA) is 24.9 Å². The van der Waals surface area contributed by atoms with Crippen LogP contribution >= 0.6 is 31.9 Å². The van der Waals surface area contributed by atoms with Crippen LogP contribution in [0.2, 0.25) is 0 Å². The summed E-state index contributed by atoms with van der Waals surface area (Å²) in [6.07, 6.45) is 1.59. The zero-order valence-corrected chi connectivity index (χ0v) is 13.1. The average molecular weight is 392 g/mol. The van der Waals surface area contributed by atoms with E-state index in [2.05, 4.69) is 42.2 Å². The number of aromatic nitrogens is 1. The van der Waals surface area contributed by atoms with Crippen LogP contribution in [0.15, 0.2) is 39.4 Å². The van der Waals surface area contributed by atoms with E-state index in [-0.39, 0.29) is 10.0 Å². The molecule has 6 heteroatoms. The summed E-state index contributed by atoms with van der Waals surface area (Å²) in [4.78, 5) is 4.18. The maximum atomic E-state index is 14.1. The summed E-state index contributed by atoms with van der Waals surface area (Å²) >= 11 is 6.34. The van der Waals surface area contributed by atoms with Crippen LogP contribution in [-0.4, -0.2) is 12.0 Å². The summed E-state index contributed by atoms with van der Waals surface area (Å²) in [6, 6.07) is 5.41. The molecule has 0 radical (unpaired) electrons. The molecule has 0 aliphatic carbocycles. The van der Waals surface area contributed by atoms with Gasteiger partial charge in [0.25, 0.3) is 0 Å². The zero-order chi connectivity index (χ0) is 14.0. The number of halogens is 4. The van der Waals surface area contributed by atoms with E-state index in [4.69, 9.17) is 0 Å². The van der Waals surface area contributed by atoms with Crippen molar-refractivity contribution in [2.75, 3.05) is 7.05 Å². The molecular weight excluding hydrogens is 382 g/mol. The lowest BCUT2D eigenvalue weighted by atomic mass is 10.0. The summed E-state index contributed by atoms with van der Waals surface area (Å²) in [5.74, 6) is -1.23. The molecule has 1 aromatic heterocycles. The van der Waals surface area contributed by atoms with Crippen LogP contribution in [-0.2, 0) is 0 Å². The molecule has 2 nitrogen and oxygen atoms in total. The molecule has 2 rings (SSSR count). The van der Waals surface area contributed by atoms with Gasteiger partial charge in [-0.15, -0.1) is 0 Å². The van der Waals surface area contributed by atoms with E-state index >= 15 is 0 Å². The fourth-order valence-corrected chi connectivity index (χ4v) is 2.39. The first-order chi connectivity index (χ1) is 9.04. The lowest BCUT2D eigenvalue weighted by Crippen LogP contribution is -2.21. The number of hydrogen-bond donors (Lipinski definition) is 1. The molecule has 0 aliphatic rings. The minimum Gasteiger partial charge on any atom is -0.308 e. The van der Waals surface area contributed by atoms with Crippen LogP contribution in [0.1, 0.15) is 17.3 Å². The lowest BCUT2D eigenvalue weighted by Gasteiger charge is -2.18. The highest BCUT2D eigenvalue weighted by Crippen LogP contribution is 2.30. The normalized spacial score (nSPS) is 12.5. The van der Waals surface area contributed by atoms with Crippen LogP contribution in [0, 0.1) is 11.6 Å². The van der Waals surface area contributed by atoms with Gasteiger partial charge in [-0.05, 0) is 63.2 Å². The van der Waals surface area contributed by atoms with Crippen molar-refractivity contribution in [3.05, 3.63) is 62.3 Å². The van der Waals surface area contributed by atoms with Crippen molar-refractivity contribution in [1.82, 2.24) is 10.3 Å². The fourth-order valence-electron chi connectivity index (χ4n) is 1.81. The Hall–Kier alpha value is -0.850. The molecular formula is C13H10Br2F2N2. The molecule has 1 heterocycles. The molecule has 0 amide bonds. The summed E-state index contributed by atoms with van der Waals surface area (Å²) in [6.45, 7) is 0. The minimum absolute atomic E-state index is 0.0494. The first-order valence-corrected chi connectivity index (χ1v) is 7.05. The Morgan fingerprint density at radius 3 is 2.47 bits per heavy atom. The van der Waals surface area contributed by atoms with Crippen molar-refractivity contribution in [3.63, 3.8) is 0 Å². The number of hydrogen-bond acceptors (Lipinski definition) is 2. The summed E-state index contributed by atoms with van der Waals surface area (Å²) in [5.41, 5.74) is 0.494. The molecule has 0 fully saturated rings. The third-order valence-electron chi connectivity index (χ3n) is 2.70. The SMILES string of the molecule is CNC(c1ccc(Br)cn1)c1c(F)ccc(Br)c1F. The van der Waals surface area contributed by atoms with Crippen molar-refractivity contribution in [3.8, 4) is 0 Å². The summed E-state index contributed by atoms with van der Waals surface area (Å²) < 4.78 is 29.0. The third kappa shape index (κ3) is 3.01. The largest absolute Gasteiger partial charge is 0.308 e. The predicted octanol–water partition coefficient (Wildman–Crippen LogP) is 4.19. The molecule has 0 spiro atoms. The Morgan fingerprint density at radius 2 is 1.89 bits per heavy atom. The second-order valence-electron chi connectivity index (χ2n) is 3.88. The van der Waals surface area contributed by atoms with Gasteiger partial charge in [-0.3, -0.25) is 4.98 Å². The molecule has 0 saturated carbocycles. The second kappa shape index (κ2) is 6.07. The molecule has 0 bridgehead atoms. The zero-order valence-electron chi connectivity index (χ0n) is 9.92. The highest BCUT2D eigenvalue weighted by atomic mass is 79.9. The average Bonchev–Trinajstić information content (AvgIpc) is 2.40. The Bertz CT molecular complexity index is 588. The molecule has 1 aromatic carbocycles. The maximum Gasteiger partial charge on any atom is 0.145 e. The Kier molecular flexibility index (Phi) is 4.65. The van der Waals surface area contributed by atoms with Crippen molar-refractivity contribution >= 4 is 31.9 Å². The Balaban J connectivity index is 2.54. The van der Waals surface area contributed by atoms with Gasteiger partial charge in [-0.1, -0.05) is 0 Å². The third-order valence-corrected chi connectivity index (χ3v) is 3.78. The molecule has 1 atom stereocenters. The Morgan fingerprint density at radius 1 is 1.16 bits per heavy atom. The van der Waals surface area contributed by atoms with E-state index in [0.29, 0.717) is 5.69 Å². The van der Waals surface area contributed by atoms with Gasteiger partial charge >= 0.3 is 0 Å². The number of nitrogens with one attached hydrogen (secondary N) is 1. The monoisotopic (exact) mass is 390 g/mol. The molecule has 19 heavy (non-hydrogen) atoms. The predicted molar refractivity (Wildman–Crippen MR) is 76.9 cm³/mol. The summed E-state index contributed by atoms with van der Waals surface area (Å²) in [5, 5.41) is 2.88. The highest BCUT2D eigenvalue weighted by molar-refractivity contribution is 9.10. The Labute approximate surface area is 126 Å². The van der Waals surface area contributed by atoms with Gasteiger partial charge in [-0.25, -0.2) is 8.78 Å². The number of pyridine rings is 1. The van der Waals surface area contributed by atoms with E-state index in [1.807, 2.05) is 0 Å². The van der Waals surface area contributed by atoms with Crippen LogP contribution in [0.25, 0.3) is 0 Å². The highest BCUT2D eigenvalue weighted by Gasteiger charge is 2.23.